The van der Waals surface area contributed by atoms with E-state index in [0.717, 1.165) is 30.0 Å². The van der Waals surface area contributed by atoms with Crippen LogP contribution in [0.1, 0.15) is 37.4 Å². The maximum Gasteiger partial charge on any atom is 0.226 e. The van der Waals surface area contributed by atoms with Gasteiger partial charge < -0.3 is 10.4 Å². The van der Waals surface area contributed by atoms with Gasteiger partial charge in [-0.15, -0.1) is 11.3 Å². The lowest BCUT2D eigenvalue weighted by molar-refractivity contribution is -0.120. The Balaban J connectivity index is 2.29. The van der Waals surface area contributed by atoms with Gasteiger partial charge >= 0.3 is 0 Å². The van der Waals surface area contributed by atoms with Gasteiger partial charge in [0, 0.05) is 11.9 Å². The van der Waals surface area contributed by atoms with Crippen LogP contribution >= 0.6 is 11.3 Å². The molecule has 0 saturated heterocycles. The minimum absolute atomic E-state index is 0.0758. The summed E-state index contributed by atoms with van der Waals surface area (Å²) in [4.78, 5) is 15.9. The first-order valence-electron chi connectivity index (χ1n) is 6.03. The third-order valence-electron chi connectivity index (χ3n) is 2.40. The second-order valence-electron chi connectivity index (χ2n) is 4.01. The quantitative estimate of drug-likeness (QED) is 0.777. The summed E-state index contributed by atoms with van der Waals surface area (Å²) in [5, 5.41) is 15.2. The van der Waals surface area contributed by atoms with Gasteiger partial charge in [-0.25, -0.2) is 4.98 Å². The van der Waals surface area contributed by atoms with Crippen molar-refractivity contribution in [2.45, 2.75) is 45.6 Å². The number of nitrogens with zero attached hydrogens (tertiary/aromatic N) is 1. The standard InChI is InChI=1S/C12H20N2O2S/c1-3-5-10(15)7-13-11(16)6-9-8-17-12(4-2)14-9/h8,10,15H,3-7H2,1-2H3,(H,13,16). The largest absolute Gasteiger partial charge is 0.391 e. The zero-order valence-corrected chi connectivity index (χ0v) is 11.2. The zero-order valence-electron chi connectivity index (χ0n) is 10.4. The number of hydrogen-bond donors (Lipinski definition) is 2. The van der Waals surface area contributed by atoms with Gasteiger partial charge in [0.05, 0.1) is 23.2 Å². The van der Waals surface area contributed by atoms with Gasteiger partial charge in [-0.2, -0.15) is 0 Å². The molecule has 0 radical (unpaired) electrons. The second kappa shape index (κ2) is 7.40. The monoisotopic (exact) mass is 256 g/mol. The molecular formula is C12H20N2O2S. The van der Waals surface area contributed by atoms with Crippen LogP contribution in [0.5, 0.6) is 0 Å². The van der Waals surface area contributed by atoms with E-state index in [9.17, 15) is 9.90 Å². The molecule has 1 unspecified atom stereocenters. The predicted octanol–water partition coefficient (Wildman–Crippen LogP) is 1.53. The van der Waals surface area contributed by atoms with E-state index in [0.29, 0.717) is 13.0 Å². The fourth-order valence-electron chi connectivity index (χ4n) is 1.49. The average molecular weight is 256 g/mol. The lowest BCUT2D eigenvalue weighted by Gasteiger charge is -2.09. The molecule has 0 spiro atoms. The van der Waals surface area contributed by atoms with Crippen LogP contribution in [-0.4, -0.2) is 28.6 Å². The molecule has 1 amide bonds. The highest BCUT2D eigenvalue weighted by Crippen LogP contribution is 2.10. The van der Waals surface area contributed by atoms with E-state index in [2.05, 4.69) is 10.3 Å². The van der Waals surface area contributed by atoms with Gasteiger partial charge in [-0.05, 0) is 12.8 Å². The van der Waals surface area contributed by atoms with Crippen molar-refractivity contribution in [3.05, 3.63) is 16.1 Å². The Kier molecular flexibility index (Phi) is 6.15. The summed E-state index contributed by atoms with van der Waals surface area (Å²) in [5.41, 5.74) is 0.814. The molecule has 2 N–H and O–H groups in total. The highest BCUT2D eigenvalue weighted by Gasteiger charge is 2.09. The molecule has 0 aromatic carbocycles. The van der Waals surface area contributed by atoms with Crippen molar-refractivity contribution in [1.82, 2.24) is 10.3 Å². The van der Waals surface area contributed by atoms with E-state index in [-0.39, 0.29) is 5.91 Å². The van der Waals surface area contributed by atoms with Crippen molar-refractivity contribution in [2.75, 3.05) is 6.54 Å². The molecule has 0 aliphatic heterocycles. The maximum atomic E-state index is 11.6. The molecule has 1 heterocycles. The Morgan fingerprint density at radius 1 is 1.59 bits per heavy atom. The van der Waals surface area contributed by atoms with Crippen LogP contribution in [-0.2, 0) is 17.6 Å². The minimum Gasteiger partial charge on any atom is -0.391 e. The Labute approximate surface area is 106 Å². The summed E-state index contributed by atoms with van der Waals surface area (Å²) in [7, 11) is 0. The molecule has 0 bridgehead atoms. The van der Waals surface area contributed by atoms with Crippen molar-refractivity contribution < 1.29 is 9.90 Å². The summed E-state index contributed by atoms with van der Waals surface area (Å²) < 4.78 is 0. The van der Waals surface area contributed by atoms with Crippen LogP contribution in [0.25, 0.3) is 0 Å². The summed E-state index contributed by atoms with van der Waals surface area (Å²) in [5.74, 6) is -0.0758. The number of hydrogen-bond acceptors (Lipinski definition) is 4. The van der Waals surface area contributed by atoms with Gasteiger partial charge in [-0.1, -0.05) is 20.3 Å². The van der Waals surface area contributed by atoms with Gasteiger partial charge in [-0.3, -0.25) is 4.79 Å². The fourth-order valence-corrected chi connectivity index (χ4v) is 2.23. The molecule has 1 rings (SSSR count). The third-order valence-corrected chi connectivity index (χ3v) is 3.44. The van der Waals surface area contributed by atoms with Crippen molar-refractivity contribution in [3.8, 4) is 0 Å². The second-order valence-corrected chi connectivity index (χ2v) is 4.95. The Morgan fingerprint density at radius 2 is 2.35 bits per heavy atom. The van der Waals surface area contributed by atoms with Crippen molar-refractivity contribution in [2.24, 2.45) is 0 Å². The number of carbonyl (C=O) groups is 1. The Hall–Kier alpha value is -0.940. The molecule has 5 heteroatoms. The lowest BCUT2D eigenvalue weighted by atomic mass is 10.2. The fraction of sp³-hybridized carbons (Fsp3) is 0.667. The van der Waals surface area contributed by atoms with Gasteiger partial charge in [0.2, 0.25) is 5.91 Å². The van der Waals surface area contributed by atoms with Crippen molar-refractivity contribution >= 4 is 17.2 Å². The lowest BCUT2D eigenvalue weighted by Crippen LogP contribution is -2.33. The number of aryl methyl sites for hydroxylation is 1. The molecule has 4 nitrogen and oxygen atoms in total. The number of nitrogens with one attached hydrogen (secondary N) is 1. The van der Waals surface area contributed by atoms with Crippen LogP contribution in [0, 0.1) is 0 Å². The van der Waals surface area contributed by atoms with Crippen LogP contribution in [0.15, 0.2) is 5.38 Å². The van der Waals surface area contributed by atoms with E-state index >= 15 is 0 Å². The highest BCUT2D eigenvalue weighted by atomic mass is 32.1. The molecular weight excluding hydrogens is 236 g/mol. The third kappa shape index (κ3) is 5.28. The van der Waals surface area contributed by atoms with Crippen LogP contribution in [0.4, 0.5) is 0 Å². The SMILES string of the molecule is CCCC(O)CNC(=O)Cc1csc(CC)n1. The van der Waals surface area contributed by atoms with E-state index in [1.807, 2.05) is 19.2 Å². The Bertz CT molecular complexity index is 352. The number of aliphatic hydroxyl groups is 1. The van der Waals surface area contributed by atoms with Crippen LogP contribution in [0.2, 0.25) is 0 Å². The number of aromatic nitrogens is 1. The van der Waals surface area contributed by atoms with Gasteiger partial charge in [0.15, 0.2) is 0 Å². The first-order chi connectivity index (χ1) is 8.15. The number of rotatable bonds is 7. The molecule has 0 aliphatic rings. The van der Waals surface area contributed by atoms with E-state index in [4.69, 9.17) is 0 Å². The summed E-state index contributed by atoms with van der Waals surface area (Å²) >= 11 is 1.58. The molecule has 1 aromatic rings. The maximum absolute atomic E-state index is 11.6. The van der Waals surface area contributed by atoms with Crippen LogP contribution in [0.3, 0.4) is 0 Å². The van der Waals surface area contributed by atoms with E-state index in [1.54, 1.807) is 11.3 Å². The molecule has 0 aliphatic carbocycles. The van der Waals surface area contributed by atoms with Crippen molar-refractivity contribution in [1.29, 1.82) is 0 Å². The minimum atomic E-state index is -0.439. The summed E-state index contributed by atoms with van der Waals surface area (Å²) in [6.07, 6.45) is 2.40. The topological polar surface area (TPSA) is 62.2 Å². The van der Waals surface area contributed by atoms with E-state index in [1.165, 1.54) is 0 Å². The predicted molar refractivity (Wildman–Crippen MR) is 69.1 cm³/mol. The first kappa shape index (κ1) is 14.1. The molecule has 17 heavy (non-hydrogen) atoms. The number of aliphatic hydroxyl groups excluding tert-OH is 1. The molecule has 1 aromatic heterocycles. The normalized spacial score (nSPS) is 12.4. The van der Waals surface area contributed by atoms with Crippen LogP contribution < -0.4 is 5.32 Å². The molecule has 1 atom stereocenters. The highest BCUT2D eigenvalue weighted by molar-refractivity contribution is 7.09. The average Bonchev–Trinajstić information content (AvgIpc) is 2.74. The summed E-state index contributed by atoms with van der Waals surface area (Å²) in [6.45, 7) is 4.38. The molecule has 0 fully saturated rings. The zero-order chi connectivity index (χ0) is 12.7. The Morgan fingerprint density at radius 3 is 2.94 bits per heavy atom. The van der Waals surface area contributed by atoms with Crippen molar-refractivity contribution in [3.63, 3.8) is 0 Å². The van der Waals surface area contributed by atoms with Gasteiger partial charge in [0.1, 0.15) is 0 Å². The number of thiazole rings is 1. The first-order valence-corrected chi connectivity index (χ1v) is 6.91. The summed E-state index contributed by atoms with van der Waals surface area (Å²) in [6, 6.07) is 0. The number of carbonyl (C=O) groups excluding carboxylic acids is 1. The number of amides is 1. The molecule has 0 saturated carbocycles. The van der Waals surface area contributed by atoms with E-state index < -0.39 is 6.10 Å². The van der Waals surface area contributed by atoms with Gasteiger partial charge in [0.25, 0.3) is 0 Å². The molecule has 96 valence electrons. The smallest absolute Gasteiger partial charge is 0.226 e.